The predicted octanol–water partition coefficient (Wildman–Crippen LogP) is 1.89. The summed E-state index contributed by atoms with van der Waals surface area (Å²) in [6, 6.07) is -0.171. The second kappa shape index (κ2) is 2.37. The van der Waals surface area contributed by atoms with Gasteiger partial charge in [0.05, 0.1) is 5.92 Å². The van der Waals surface area contributed by atoms with Crippen LogP contribution in [0.2, 0.25) is 0 Å². The molecule has 12 heavy (non-hydrogen) atoms. The molecule has 1 saturated carbocycles. The molecule has 0 spiro atoms. The van der Waals surface area contributed by atoms with Gasteiger partial charge in [0.25, 0.3) is 0 Å². The standard InChI is InChI=1S/C8H12F3N/c1-2-12-4-3-5-6(7(5)12)8(9,10)11/h5-7H,2-4H2,1H3/t5-,6-,7?/m1/s1. The average molecular weight is 179 g/mol. The minimum absolute atomic E-state index is 0.0788. The number of nitrogens with zero attached hydrogens (tertiary/aromatic N) is 1. The van der Waals surface area contributed by atoms with Crippen LogP contribution in [0, 0.1) is 11.8 Å². The molecule has 1 nitrogen and oxygen atoms in total. The molecule has 4 heteroatoms. The van der Waals surface area contributed by atoms with Crippen LogP contribution in [0.1, 0.15) is 13.3 Å². The molecule has 1 aliphatic heterocycles. The molecule has 0 aromatic rings. The van der Waals surface area contributed by atoms with Gasteiger partial charge in [-0.25, -0.2) is 0 Å². The molecule has 2 rings (SSSR count). The molecule has 70 valence electrons. The smallest absolute Gasteiger partial charge is 0.300 e. The highest BCUT2D eigenvalue weighted by Gasteiger charge is 2.67. The molecule has 1 heterocycles. The van der Waals surface area contributed by atoms with Crippen molar-refractivity contribution in [2.24, 2.45) is 11.8 Å². The lowest BCUT2D eigenvalue weighted by Crippen LogP contribution is -2.29. The van der Waals surface area contributed by atoms with Crippen LogP contribution in [0.4, 0.5) is 13.2 Å². The average Bonchev–Trinajstić information content (AvgIpc) is 2.55. The van der Waals surface area contributed by atoms with E-state index in [1.807, 2.05) is 11.8 Å². The molecule has 0 amide bonds. The van der Waals surface area contributed by atoms with Crippen LogP contribution >= 0.6 is 0 Å². The summed E-state index contributed by atoms with van der Waals surface area (Å²) in [6.45, 7) is 3.54. The summed E-state index contributed by atoms with van der Waals surface area (Å²) in [5.74, 6) is -1.09. The van der Waals surface area contributed by atoms with Crippen molar-refractivity contribution in [3.05, 3.63) is 0 Å². The van der Waals surface area contributed by atoms with Crippen molar-refractivity contribution in [3.8, 4) is 0 Å². The van der Waals surface area contributed by atoms with Gasteiger partial charge >= 0.3 is 6.18 Å². The van der Waals surface area contributed by atoms with E-state index in [0.29, 0.717) is 0 Å². The first kappa shape index (κ1) is 8.35. The van der Waals surface area contributed by atoms with Crippen molar-refractivity contribution in [3.63, 3.8) is 0 Å². The Morgan fingerprint density at radius 1 is 1.42 bits per heavy atom. The zero-order chi connectivity index (χ0) is 8.93. The molecule has 0 aromatic carbocycles. The van der Waals surface area contributed by atoms with Crippen LogP contribution in [-0.4, -0.2) is 30.2 Å². The minimum atomic E-state index is -3.96. The monoisotopic (exact) mass is 179 g/mol. The third-order valence-corrected chi connectivity index (χ3v) is 3.08. The fraction of sp³-hybridized carbons (Fsp3) is 1.00. The number of likely N-dealkylation sites (tertiary alicyclic amines) is 1. The zero-order valence-corrected chi connectivity index (χ0v) is 6.93. The molecular weight excluding hydrogens is 167 g/mol. The Hall–Kier alpha value is -0.250. The van der Waals surface area contributed by atoms with E-state index in [1.54, 1.807) is 0 Å². The normalized spacial score (nSPS) is 41.5. The van der Waals surface area contributed by atoms with E-state index in [-0.39, 0.29) is 12.0 Å². The van der Waals surface area contributed by atoms with Crippen molar-refractivity contribution in [1.82, 2.24) is 4.90 Å². The minimum Gasteiger partial charge on any atom is -0.300 e. The highest BCUT2D eigenvalue weighted by atomic mass is 19.4. The van der Waals surface area contributed by atoms with Crippen LogP contribution in [0.15, 0.2) is 0 Å². The molecule has 2 fully saturated rings. The van der Waals surface area contributed by atoms with Gasteiger partial charge in [-0.2, -0.15) is 13.2 Å². The van der Waals surface area contributed by atoms with Crippen LogP contribution in [0.3, 0.4) is 0 Å². The van der Waals surface area contributed by atoms with Gasteiger partial charge in [0.15, 0.2) is 0 Å². The molecule has 0 radical (unpaired) electrons. The Labute approximate surface area is 69.5 Å². The lowest BCUT2D eigenvalue weighted by Gasteiger charge is -2.18. The van der Waals surface area contributed by atoms with Gasteiger partial charge in [-0.3, -0.25) is 4.90 Å². The van der Waals surface area contributed by atoms with Gasteiger partial charge in [-0.1, -0.05) is 6.92 Å². The summed E-state index contributed by atoms with van der Waals surface area (Å²) in [7, 11) is 0. The number of hydrogen-bond acceptors (Lipinski definition) is 1. The molecule has 0 bridgehead atoms. The number of rotatable bonds is 1. The van der Waals surface area contributed by atoms with Gasteiger partial charge < -0.3 is 0 Å². The van der Waals surface area contributed by atoms with Gasteiger partial charge in [0, 0.05) is 6.04 Å². The molecule has 1 saturated heterocycles. The van der Waals surface area contributed by atoms with E-state index in [2.05, 4.69) is 0 Å². The molecule has 1 unspecified atom stereocenters. The molecule has 1 aliphatic carbocycles. The van der Waals surface area contributed by atoms with Gasteiger partial charge in [-0.05, 0) is 25.4 Å². The second-order valence-corrected chi connectivity index (χ2v) is 3.64. The van der Waals surface area contributed by atoms with E-state index in [1.165, 1.54) is 0 Å². The van der Waals surface area contributed by atoms with Crippen LogP contribution in [0.5, 0.6) is 0 Å². The van der Waals surface area contributed by atoms with Gasteiger partial charge in [0.2, 0.25) is 0 Å². The van der Waals surface area contributed by atoms with E-state index in [4.69, 9.17) is 0 Å². The Kier molecular flexibility index (Phi) is 1.65. The fourth-order valence-corrected chi connectivity index (χ4v) is 2.47. The van der Waals surface area contributed by atoms with E-state index in [9.17, 15) is 13.2 Å². The maximum absolute atomic E-state index is 12.2. The SMILES string of the molecule is CCN1CC[C@H]2C1[C@@H]2C(F)(F)F. The summed E-state index contributed by atoms with van der Waals surface area (Å²) < 4.78 is 36.7. The third kappa shape index (κ3) is 1.04. The fourth-order valence-electron chi connectivity index (χ4n) is 2.47. The predicted molar refractivity (Wildman–Crippen MR) is 38.7 cm³/mol. The molecule has 3 atom stereocenters. The largest absolute Gasteiger partial charge is 0.393 e. The van der Waals surface area contributed by atoms with E-state index >= 15 is 0 Å². The van der Waals surface area contributed by atoms with Crippen molar-refractivity contribution in [1.29, 1.82) is 0 Å². The maximum atomic E-state index is 12.2. The first-order valence-electron chi connectivity index (χ1n) is 4.36. The first-order chi connectivity index (χ1) is 5.55. The van der Waals surface area contributed by atoms with Gasteiger partial charge in [0.1, 0.15) is 0 Å². The summed E-state index contributed by atoms with van der Waals surface area (Å²) in [6.07, 6.45) is -3.22. The summed E-state index contributed by atoms with van der Waals surface area (Å²) in [5.41, 5.74) is 0. The topological polar surface area (TPSA) is 3.24 Å². The molecule has 0 aromatic heterocycles. The lowest BCUT2D eigenvalue weighted by atomic mass is 10.2. The highest BCUT2D eigenvalue weighted by Crippen LogP contribution is 2.57. The quantitative estimate of drug-likeness (QED) is 0.594. The van der Waals surface area contributed by atoms with Gasteiger partial charge in [-0.15, -0.1) is 0 Å². The molecule has 0 N–H and O–H groups in total. The molecule has 2 aliphatic rings. The summed E-state index contributed by atoms with van der Waals surface area (Å²) in [5, 5.41) is 0. The molecular formula is C8H12F3N. The van der Waals surface area contributed by atoms with Crippen molar-refractivity contribution >= 4 is 0 Å². The number of halogens is 3. The third-order valence-electron chi connectivity index (χ3n) is 3.08. The highest BCUT2D eigenvalue weighted by molar-refractivity contribution is 5.11. The maximum Gasteiger partial charge on any atom is 0.393 e. The van der Waals surface area contributed by atoms with E-state index in [0.717, 1.165) is 19.5 Å². The number of alkyl halides is 3. The Morgan fingerprint density at radius 3 is 2.50 bits per heavy atom. The number of piperidine rings is 1. The number of fused-ring (bicyclic) bond motifs is 1. The summed E-state index contributed by atoms with van der Waals surface area (Å²) in [4.78, 5) is 1.95. The lowest BCUT2D eigenvalue weighted by molar-refractivity contribution is -0.157. The van der Waals surface area contributed by atoms with Crippen LogP contribution < -0.4 is 0 Å². The second-order valence-electron chi connectivity index (χ2n) is 3.64. The Balaban J connectivity index is 2.01. The Bertz CT molecular complexity index is 189. The zero-order valence-electron chi connectivity index (χ0n) is 6.93. The first-order valence-corrected chi connectivity index (χ1v) is 4.36. The Morgan fingerprint density at radius 2 is 2.08 bits per heavy atom. The summed E-state index contributed by atoms with van der Waals surface area (Å²) >= 11 is 0. The van der Waals surface area contributed by atoms with Crippen molar-refractivity contribution in [2.75, 3.05) is 13.1 Å². The van der Waals surface area contributed by atoms with E-state index < -0.39 is 12.1 Å². The number of hydrogen-bond donors (Lipinski definition) is 0. The van der Waals surface area contributed by atoms with Crippen molar-refractivity contribution in [2.45, 2.75) is 25.6 Å². The van der Waals surface area contributed by atoms with Crippen LogP contribution in [-0.2, 0) is 0 Å². The van der Waals surface area contributed by atoms with Crippen molar-refractivity contribution < 1.29 is 13.2 Å². The van der Waals surface area contributed by atoms with Crippen LogP contribution in [0.25, 0.3) is 0 Å².